The third-order valence-corrected chi connectivity index (χ3v) is 7.00. The van der Waals surface area contributed by atoms with E-state index in [1.54, 1.807) is 43.3 Å². The number of phenols is 1. The van der Waals surface area contributed by atoms with Crippen LogP contribution >= 0.6 is 23.2 Å². The molecular formula is C24H23Cl2N3O5S. The van der Waals surface area contributed by atoms with Gasteiger partial charge in [-0.05, 0) is 72.6 Å². The Morgan fingerprint density at radius 3 is 2.51 bits per heavy atom. The van der Waals surface area contributed by atoms with E-state index in [1.165, 1.54) is 36.5 Å². The van der Waals surface area contributed by atoms with Gasteiger partial charge in [-0.2, -0.15) is 9.41 Å². The SMILES string of the molecule is CCOc1cc(/C=N\NC(=O)CN(Cc2cccc(Cl)c2)S(=O)(=O)c2ccc(Cl)cc2)ccc1O. The Balaban J connectivity index is 1.77. The Hall–Kier alpha value is -3.11. The van der Waals surface area contributed by atoms with Crippen LogP contribution in [0.2, 0.25) is 10.0 Å². The van der Waals surface area contributed by atoms with E-state index in [0.717, 1.165) is 4.31 Å². The molecule has 0 unspecified atom stereocenters. The number of hydrazone groups is 1. The van der Waals surface area contributed by atoms with E-state index in [0.29, 0.717) is 27.8 Å². The molecule has 184 valence electrons. The predicted octanol–water partition coefficient (Wildman–Crippen LogP) is 4.44. The lowest BCUT2D eigenvalue weighted by Crippen LogP contribution is -2.39. The fourth-order valence-corrected chi connectivity index (χ4v) is 4.80. The highest BCUT2D eigenvalue weighted by molar-refractivity contribution is 7.89. The van der Waals surface area contributed by atoms with E-state index >= 15 is 0 Å². The Kier molecular flexibility index (Phi) is 9.11. The average Bonchev–Trinajstić information content (AvgIpc) is 2.81. The zero-order valence-corrected chi connectivity index (χ0v) is 21.0. The van der Waals surface area contributed by atoms with Crippen LogP contribution in [0.3, 0.4) is 0 Å². The van der Waals surface area contributed by atoms with Crippen molar-refractivity contribution in [3.63, 3.8) is 0 Å². The number of aromatic hydroxyl groups is 1. The molecule has 0 heterocycles. The number of phenolic OH excluding ortho intramolecular Hbond substituents is 1. The minimum Gasteiger partial charge on any atom is -0.504 e. The van der Waals surface area contributed by atoms with Gasteiger partial charge in [0.1, 0.15) is 0 Å². The second-order valence-electron chi connectivity index (χ2n) is 7.31. The number of rotatable bonds is 10. The number of hydrogen-bond donors (Lipinski definition) is 2. The van der Waals surface area contributed by atoms with Gasteiger partial charge in [0, 0.05) is 16.6 Å². The quantitative estimate of drug-likeness (QED) is 0.294. The summed E-state index contributed by atoms with van der Waals surface area (Å²) in [6.45, 7) is 1.58. The molecule has 0 saturated carbocycles. The molecule has 0 bridgehead atoms. The summed E-state index contributed by atoms with van der Waals surface area (Å²) in [5.41, 5.74) is 3.51. The number of halogens is 2. The average molecular weight is 536 g/mol. The number of nitrogens with zero attached hydrogens (tertiary/aromatic N) is 2. The van der Waals surface area contributed by atoms with Gasteiger partial charge in [-0.15, -0.1) is 0 Å². The first-order valence-corrected chi connectivity index (χ1v) is 12.7. The van der Waals surface area contributed by atoms with Crippen LogP contribution in [0.15, 0.2) is 76.7 Å². The molecule has 0 fully saturated rings. The van der Waals surface area contributed by atoms with E-state index in [2.05, 4.69) is 10.5 Å². The number of ether oxygens (including phenoxy) is 1. The standard InChI is InChI=1S/C24H23Cl2N3O5S/c1-2-34-23-13-17(6-11-22(23)30)14-27-28-24(31)16-29(15-18-4-3-5-20(26)12-18)35(32,33)21-9-7-19(25)8-10-21/h3-14,30H,2,15-16H2,1H3,(H,28,31)/b27-14-. The first-order valence-electron chi connectivity index (χ1n) is 10.5. The molecule has 0 radical (unpaired) electrons. The second-order valence-corrected chi connectivity index (χ2v) is 10.1. The maximum Gasteiger partial charge on any atom is 0.255 e. The van der Waals surface area contributed by atoms with Crippen LogP contribution in [-0.2, 0) is 21.4 Å². The first-order chi connectivity index (χ1) is 16.7. The van der Waals surface area contributed by atoms with Crippen LogP contribution in [0.1, 0.15) is 18.1 Å². The monoisotopic (exact) mass is 535 g/mol. The van der Waals surface area contributed by atoms with Gasteiger partial charge in [-0.25, -0.2) is 13.8 Å². The molecule has 0 aliphatic heterocycles. The van der Waals surface area contributed by atoms with Crippen LogP contribution in [-0.4, -0.2) is 43.1 Å². The van der Waals surface area contributed by atoms with Crippen LogP contribution in [0.4, 0.5) is 0 Å². The number of sulfonamides is 1. The van der Waals surface area contributed by atoms with E-state index in [9.17, 15) is 18.3 Å². The molecule has 0 aromatic heterocycles. The molecule has 2 N–H and O–H groups in total. The van der Waals surface area contributed by atoms with Crippen LogP contribution in [0.5, 0.6) is 11.5 Å². The van der Waals surface area contributed by atoms with Gasteiger partial charge >= 0.3 is 0 Å². The topological polar surface area (TPSA) is 108 Å². The molecule has 35 heavy (non-hydrogen) atoms. The number of amides is 1. The smallest absolute Gasteiger partial charge is 0.255 e. The number of nitrogens with one attached hydrogen (secondary N) is 1. The Bertz CT molecular complexity index is 1310. The number of carbonyl (C=O) groups excluding carboxylic acids is 1. The van der Waals surface area contributed by atoms with Crippen molar-refractivity contribution >= 4 is 45.3 Å². The molecule has 11 heteroatoms. The summed E-state index contributed by atoms with van der Waals surface area (Å²) >= 11 is 11.9. The van der Waals surface area contributed by atoms with Crippen molar-refractivity contribution in [1.82, 2.24) is 9.73 Å². The van der Waals surface area contributed by atoms with Crippen molar-refractivity contribution in [2.75, 3.05) is 13.2 Å². The molecule has 0 aliphatic carbocycles. The first kappa shape index (κ1) is 26.5. The summed E-state index contributed by atoms with van der Waals surface area (Å²) < 4.78 is 32.9. The molecule has 3 aromatic carbocycles. The molecule has 3 aromatic rings. The van der Waals surface area contributed by atoms with Crippen LogP contribution in [0.25, 0.3) is 0 Å². The van der Waals surface area contributed by atoms with Gasteiger partial charge in [-0.1, -0.05) is 35.3 Å². The second kappa shape index (κ2) is 12.0. The predicted molar refractivity (Wildman–Crippen MR) is 136 cm³/mol. The number of hydrogen-bond acceptors (Lipinski definition) is 6. The zero-order valence-electron chi connectivity index (χ0n) is 18.7. The normalized spacial score (nSPS) is 11.7. The molecule has 8 nitrogen and oxygen atoms in total. The maximum absolute atomic E-state index is 13.3. The molecule has 0 spiro atoms. The highest BCUT2D eigenvalue weighted by atomic mass is 35.5. The Labute approximate surface area is 213 Å². The number of benzene rings is 3. The lowest BCUT2D eigenvalue weighted by Gasteiger charge is -2.21. The largest absolute Gasteiger partial charge is 0.504 e. The molecule has 0 atom stereocenters. The van der Waals surface area contributed by atoms with E-state index in [4.69, 9.17) is 27.9 Å². The summed E-state index contributed by atoms with van der Waals surface area (Å²) in [6, 6.07) is 17.0. The summed E-state index contributed by atoms with van der Waals surface area (Å²) in [4.78, 5) is 12.6. The lowest BCUT2D eigenvalue weighted by atomic mass is 10.2. The van der Waals surface area contributed by atoms with Gasteiger partial charge in [0.25, 0.3) is 5.91 Å². The highest BCUT2D eigenvalue weighted by Gasteiger charge is 2.27. The van der Waals surface area contributed by atoms with Crippen molar-refractivity contribution in [2.45, 2.75) is 18.4 Å². The van der Waals surface area contributed by atoms with Crippen molar-refractivity contribution in [2.24, 2.45) is 5.10 Å². The van der Waals surface area contributed by atoms with Gasteiger partial charge in [0.05, 0.1) is 24.3 Å². The summed E-state index contributed by atoms with van der Waals surface area (Å²) in [7, 11) is -4.04. The number of carbonyl (C=O) groups is 1. The van der Waals surface area contributed by atoms with E-state index in [1.807, 2.05) is 0 Å². The van der Waals surface area contributed by atoms with Crippen molar-refractivity contribution in [3.05, 3.63) is 87.9 Å². The Morgan fingerprint density at radius 1 is 1.09 bits per heavy atom. The fourth-order valence-electron chi connectivity index (χ4n) is 3.08. The summed E-state index contributed by atoms with van der Waals surface area (Å²) in [6.07, 6.45) is 1.36. The van der Waals surface area contributed by atoms with Crippen molar-refractivity contribution < 1.29 is 23.1 Å². The minimum atomic E-state index is -4.04. The van der Waals surface area contributed by atoms with Crippen LogP contribution < -0.4 is 10.2 Å². The third kappa shape index (κ3) is 7.43. The molecule has 3 rings (SSSR count). The Morgan fingerprint density at radius 2 is 1.83 bits per heavy atom. The third-order valence-electron chi connectivity index (χ3n) is 4.71. The summed E-state index contributed by atoms with van der Waals surface area (Å²) in [5, 5.41) is 14.5. The van der Waals surface area contributed by atoms with E-state index < -0.39 is 22.5 Å². The zero-order chi connectivity index (χ0) is 25.4. The minimum absolute atomic E-state index is 0.00669. The van der Waals surface area contributed by atoms with Crippen molar-refractivity contribution in [3.8, 4) is 11.5 Å². The van der Waals surface area contributed by atoms with Crippen LogP contribution in [0, 0.1) is 0 Å². The van der Waals surface area contributed by atoms with Gasteiger partial charge < -0.3 is 9.84 Å². The maximum atomic E-state index is 13.3. The molecule has 0 aliphatic rings. The highest BCUT2D eigenvalue weighted by Crippen LogP contribution is 2.26. The molecular weight excluding hydrogens is 513 g/mol. The lowest BCUT2D eigenvalue weighted by molar-refractivity contribution is -0.121. The van der Waals surface area contributed by atoms with E-state index in [-0.39, 0.29) is 22.9 Å². The fraction of sp³-hybridized carbons (Fsp3) is 0.167. The van der Waals surface area contributed by atoms with Crippen molar-refractivity contribution in [1.29, 1.82) is 0 Å². The van der Waals surface area contributed by atoms with Gasteiger partial charge in [0.2, 0.25) is 10.0 Å². The molecule has 1 amide bonds. The van der Waals surface area contributed by atoms with Gasteiger partial charge in [0.15, 0.2) is 11.5 Å². The van der Waals surface area contributed by atoms with Gasteiger partial charge in [-0.3, -0.25) is 4.79 Å². The summed E-state index contributed by atoms with van der Waals surface area (Å²) in [5.74, 6) is -0.383. The molecule has 0 saturated heterocycles.